The SMILES string of the molecule is O=C(CN1CCCCC1CO)NCCC1=CCCCC1. The lowest BCUT2D eigenvalue weighted by molar-refractivity contribution is -0.123. The Morgan fingerprint density at radius 1 is 1.35 bits per heavy atom. The topological polar surface area (TPSA) is 52.6 Å². The van der Waals surface area contributed by atoms with Gasteiger partial charge >= 0.3 is 0 Å². The van der Waals surface area contributed by atoms with Gasteiger partial charge < -0.3 is 10.4 Å². The van der Waals surface area contributed by atoms with Gasteiger partial charge in [0.2, 0.25) is 5.91 Å². The molecule has 0 aromatic heterocycles. The first-order chi connectivity index (χ1) is 9.79. The monoisotopic (exact) mass is 280 g/mol. The predicted octanol–water partition coefficient (Wildman–Crippen LogP) is 1.84. The predicted molar refractivity (Wildman–Crippen MR) is 80.5 cm³/mol. The molecule has 2 aliphatic rings. The quantitative estimate of drug-likeness (QED) is 0.730. The third kappa shape index (κ3) is 4.91. The standard InChI is InChI=1S/C16H28N2O2/c19-13-15-8-4-5-11-18(15)12-16(20)17-10-9-14-6-2-1-3-7-14/h6,15,19H,1-5,7-13H2,(H,17,20). The zero-order valence-corrected chi connectivity index (χ0v) is 12.4. The van der Waals surface area contributed by atoms with E-state index in [9.17, 15) is 9.90 Å². The third-order valence-corrected chi connectivity index (χ3v) is 4.46. The van der Waals surface area contributed by atoms with Gasteiger partial charge in [0.15, 0.2) is 0 Å². The Bertz CT molecular complexity index is 341. The molecule has 1 atom stereocenters. The highest BCUT2D eigenvalue weighted by atomic mass is 16.3. The summed E-state index contributed by atoms with van der Waals surface area (Å²) < 4.78 is 0. The highest BCUT2D eigenvalue weighted by molar-refractivity contribution is 5.78. The summed E-state index contributed by atoms with van der Waals surface area (Å²) in [5, 5.41) is 12.4. The molecule has 1 fully saturated rings. The van der Waals surface area contributed by atoms with E-state index in [2.05, 4.69) is 16.3 Å². The molecule has 2 rings (SSSR count). The first-order valence-corrected chi connectivity index (χ1v) is 8.09. The molecule has 0 spiro atoms. The van der Waals surface area contributed by atoms with Crippen molar-refractivity contribution in [2.75, 3.05) is 26.2 Å². The van der Waals surface area contributed by atoms with Crippen molar-refractivity contribution >= 4 is 5.91 Å². The van der Waals surface area contributed by atoms with E-state index in [4.69, 9.17) is 0 Å². The van der Waals surface area contributed by atoms with Crippen molar-refractivity contribution in [3.05, 3.63) is 11.6 Å². The molecule has 1 amide bonds. The van der Waals surface area contributed by atoms with Crippen LogP contribution < -0.4 is 5.32 Å². The van der Waals surface area contributed by atoms with Gasteiger partial charge in [0.05, 0.1) is 13.2 Å². The average molecular weight is 280 g/mol. The normalized spacial score (nSPS) is 24.2. The summed E-state index contributed by atoms with van der Waals surface area (Å²) in [6, 6.07) is 0.176. The molecule has 0 aromatic rings. The number of piperidine rings is 1. The Morgan fingerprint density at radius 2 is 2.25 bits per heavy atom. The number of allylic oxidation sites excluding steroid dienone is 1. The Kier molecular flexibility index (Phi) is 6.54. The van der Waals surface area contributed by atoms with Crippen LogP contribution in [0.2, 0.25) is 0 Å². The fourth-order valence-electron chi connectivity index (χ4n) is 3.21. The minimum Gasteiger partial charge on any atom is -0.395 e. The van der Waals surface area contributed by atoms with Crippen LogP contribution in [0.4, 0.5) is 0 Å². The first-order valence-electron chi connectivity index (χ1n) is 8.09. The zero-order valence-electron chi connectivity index (χ0n) is 12.4. The highest BCUT2D eigenvalue weighted by Crippen LogP contribution is 2.19. The minimum atomic E-state index is 0.0989. The Morgan fingerprint density at radius 3 is 3.00 bits per heavy atom. The van der Waals surface area contributed by atoms with Crippen molar-refractivity contribution in [2.24, 2.45) is 0 Å². The van der Waals surface area contributed by atoms with Gasteiger partial charge in [0.1, 0.15) is 0 Å². The molecule has 1 unspecified atom stereocenters. The van der Waals surface area contributed by atoms with Gasteiger partial charge in [-0.2, -0.15) is 0 Å². The zero-order chi connectivity index (χ0) is 14.2. The number of carbonyl (C=O) groups is 1. The number of hydrogen-bond donors (Lipinski definition) is 2. The van der Waals surface area contributed by atoms with Crippen LogP contribution in [0.1, 0.15) is 51.4 Å². The molecule has 1 saturated heterocycles. The van der Waals surface area contributed by atoms with Gasteiger partial charge in [-0.05, 0) is 51.5 Å². The van der Waals surface area contributed by atoms with E-state index in [0.29, 0.717) is 6.54 Å². The number of carbonyl (C=O) groups excluding carboxylic acids is 1. The molecule has 4 nitrogen and oxygen atoms in total. The second-order valence-electron chi connectivity index (χ2n) is 6.01. The summed E-state index contributed by atoms with van der Waals surface area (Å²) in [5.74, 6) is 0.0989. The van der Waals surface area contributed by atoms with Crippen molar-refractivity contribution in [1.82, 2.24) is 10.2 Å². The molecule has 1 aliphatic heterocycles. The number of hydrogen-bond acceptors (Lipinski definition) is 3. The van der Waals surface area contributed by atoms with E-state index in [1.807, 2.05) is 0 Å². The molecule has 0 aromatic carbocycles. The number of likely N-dealkylation sites (tertiary alicyclic amines) is 1. The molecule has 20 heavy (non-hydrogen) atoms. The van der Waals surface area contributed by atoms with Gasteiger partial charge in [-0.3, -0.25) is 9.69 Å². The van der Waals surface area contributed by atoms with Gasteiger partial charge in [-0.15, -0.1) is 0 Å². The van der Waals surface area contributed by atoms with E-state index in [1.165, 1.54) is 31.3 Å². The number of aliphatic hydroxyl groups excluding tert-OH is 1. The Balaban J connectivity index is 1.65. The van der Waals surface area contributed by atoms with E-state index < -0.39 is 0 Å². The van der Waals surface area contributed by atoms with Crippen molar-refractivity contribution in [1.29, 1.82) is 0 Å². The minimum absolute atomic E-state index is 0.0989. The summed E-state index contributed by atoms with van der Waals surface area (Å²) >= 11 is 0. The van der Waals surface area contributed by atoms with E-state index in [-0.39, 0.29) is 18.6 Å². The van der Waals surface area contributed by atoms with E-state index in [0.717, 1.165) is 38.8 Å². The van der Waals surface area contributed by atoms with Gasteiger partial charge in [0, 0.05) is 12.6 Å². The molecule has 1 aliphatic carbocycles. The summed E-state index contributed by atoms with van der Waals surface area (Å²) in [7, 11) is 0. The van der Waals surface area contributed by atoms with Crippen molar-refractivity contribution in [3.63, 3.8) is 0 Å². The van der Waals surface area contributed by atoms with Crippen LogP contribution in [-0.2, 0) is 4.79 Å². The van der Waals surface area contributed by atoms with Crippen LogP contribution in [0.25, 0.3) is 0 Å². The van der Waals surface area contributed by atoms with Crippen LogP contribution in [-0.4, -0.2) is 48.2 Å². The Labute approximate surface area is 122 Å². The van der Waals surface area contributed by atoms with Gasteiger partial charge in [-0.25, -0.2) is 0 Å². The lowest BCUT2D eigenvalue weighted by atomic mass is 9.97. The number of nitrogens with zero attached hydrogens (tertiary/aromatic N) is 1. The summed E-state index contributed by atoms with van der Waals surface area (Å²) in [6.07, 6.45) is 11.7. The first kappa shape index (κ1) is 15.5. The maximum Gasteiger partial charge on any atom is 0.234 e. The molecule has 1 heterocycles. The number of rotatable bonds is 6. The van der Waals surface area contributed by atoms with Crippen LogP contribution in [0, 0.1) is 0 Å². The number of nitrogens with one attached hydrogen (secondary N) is 1. The third-order valence-electron chi connectivity index (χ3n) is 4.46. The highest BCUT2D eigenvalue weighted by Gasteiger charge is 2.23. The molecular formula is C16H28N2O2. The average Bonchev–Trinajstić information content (AvgIpc) is 2.49. The van der Waals surface area contributed by atoms with E-state index in [1.54, 1.807) is 0 Å². The molecule has 114 valence electrons. The summed E-state index contributed by atoms with van der Waals surface area (Å²) in [5.41, 5.74) is 1.50. The molecule has 0 bridgehead atoms. The van der Waals surface area contributed by atoms with Crippen LogP contribution in [0.5, 0.6) is 0 Å². The maximum atomic E-state index is 12.0. The summed E-state index contributed by atoms with van der Waals surface area (Å²) in [4.78, 5) is 14.1. The van der Waals surface area contributed by atoms with Crippen LogP contribution in [0.3, 0.4) is 0 Å². The number of amides is 1. The fourth-order valence-corrected chi connectivity index (χ4v) is 3.21. The lowest BCUT2D eigenvalue weighted by Gasteiger charge is -2.33. The molecule has 2 N–H and O–H groups in total. The molecular weight excluding hydrogens is 252 g/mol. The molecule has 0 radical (unpaired) electrons. The van der Waals surface area contributed by atoms with Crippen molar-refractivity contribution in [3.8, 4) is 0 Å². The van der Waals surface area contributed by atoms with Gasteiger partial charge in [0.25, 0.3) is 0 Å². The lowest BCUT2D eigenvalue weighted by Crippen LogP contribution is -2.47. The number of aliphatic hydroxyl groups is 1. The molecule has 4 heteroatoms. The second-order valence-corrected chi connectivity index (χ2v) is 6.01. The maximum absolute atomic E-state index is 12.0. The summed E-state index contributed by atoms with van der Waals surface area (Å²) in [6.45, 7) is 2.29. The van der Waals surface area contributed by atoms with Crippen molar-refractivity contribution < 1.29 is 9.90 Å². The Hall–Kier alpha value is -0.870. The van der Waals surface area contributed by atoms with Gasteiger partial charge in [-0.1, -0.05) is 18.1 Å². The fraction of sp³-hybridized carbons (Fsp3) is 0.812. The van der Waals surface area contributed by atoms with Crippen LogP contribution in [0.15, 0.2) is 11.6 Å². The van der Waals surface area contributed by atoms with Crippen LogP contribution >= 0.6 is 0 Å². The smallest absolute Gasteiger partial charge is 0.234 e. The van der Waals surface area contributed by atoms with E-state index >= 15 is 0 Å². The largest absolute Gasteiger partial charge is 0.395 e. The second kappa shape index (κ2) is 8.42. The molecule has 0 saturated carbocycles. The van der Waals surface area contributed by atoms with Crippen molar-refractivity contribution in [2.45, 2.75) is 57.4 Å².